The van der Waals surface area contributed by atoms with Crippen molar-refractivity contribution in [2.45, 2.75) is 6.04 Å². The van der Waals surface area contributed by atoms with Crippen LogP contribution in [0.15, 0.2) is 42.5 Å². The van der Waals surface area contributed by atoms with Crippen molar-refractivity contribution in [2.75, 3.05) is 12.4 Å². The molecule has 0 fully saturated rings. The van der Waals surface area contributed by atoms with E-state index in [9.17, 15) is 9.18 Å². The Morgan fingerprint density at radius 3 is 2.24 bits per heavy atom. The van der Waals surface area contributed by atoms with Gasteiger partial charge >= 0.3 is 5.97 Å². The molecular formula is C15H12Cl2FNO2. The number of carbonyl (C=O) groups is 1. The van der Waals surface area contributed by atoms with Crippen molar-refractivity contribution in [1.29, 1.82) is 0 Å². The van der Waals surface area contributed by atoms with Crippen LogP contribution in [0.3, 0.4) is 0 Å². The van der Waals surface area contributed by atoms with Crippen molar-refractivity contribution < 1.29 is 13.9 Å². The van der Waals surface area contributed by atoms with Gasteiger partial charge in [-0.05, 0) is 48.0 Å². The topological polar surface area (TPSA) is 38.3 Å². The van der Waals surface area contributed by atoms with Gasteiger partial charge in [-0.15, -0.1) is 0 Å². The summed E-state index contributed by atoms with van der Waals surface area (Å²) in [5, 5.41) is 3.79. The minimum atomic E-state index is -0.795. The zero-order valence-corrected chi connectivity index (χ0v) is 12.6. The molecule has 1 N–H and O–H groups in total. The fourth-order valence-corrected chi connectivity index (χ4v) is 2.39. The molecule has 1 unspecified atom stereocenters. The predicted octanol–water partition coefficient (Wildman–Crippen LogP) is 4.46. The largest absolute Gasteiger partial charge is 0.467 e. The summed E-state index contributed by atoms with van der Waals surface area (Å²) in [4.78, 5) is 12.0. The highest BCUT2D eigenvalue weighted by Gasteiger charge is 2.22. The maximum absolute atomic E-state index is 12.9. The number of ether oxygens (including phenoxy) is 1. The summed E-state index contributed by atoms with van der Waals surface area (Å²) in [6.07, 6.45) is 0. The van der Waals surface area contributed by atoms with Gasteiger partial charge in [0.2, 0.25) is 0 Å². The third kappa shape index (κ3) is 4.09. The van der Waals surface area contributed by atoms with Crippen molar-refractivity contribution in [3.8, 4) is 0 Å². The van der Waals surface area contributed by atoms with E-state index in [0.29, 0.717) is 21.3 Å². The zero-order valence-electron chi connectivity index (χ0n) is 11.1. The molecule has 0 aliphatic carbocycles. The van der Waals surface area contributed by atoms with Crippen LogP contribution in [0, 0.1) is 5.82 Å². The fourth-order valence-electron chi connectivity index (χ4n) is 1.85. The molecule has 110 valence electrons. The molecule has 0 saturated carbocycles. The number of anilines is 1. The van der Waals surface area contributed by atoms with Gasteiger partial charge in [0.25, 0.3) is 0 Å². The number of hydrogen-bond donors (Lipinski definition) is 1. The van der Waals surface area contributed by atoms with Gasteiger partial charge in [0.15, 0.2) is 6.04 Å². The molecule has 0 radical (unpaired) electrons. The number of esters is 1. The summed E-state index contributed by atoms with van der Waals surface area (Å²) in [5.74, 6) is -0.862. The molecule has 6 heteroatoms. The molecular weight excluding hydrogens is 316 g/mol. The first-order chi connectivity index (χ1) is 9.99. The highest BCUT2D eigenvalue weighted by Crippen LogP contribution is 2.27. The Bertz CT molecular complexity index is 626. The standard InChI is InChI=1S/C15H12Cl2FNO2/c1-21-15(20)14(9-6-10(16)8-11(17)7-9)19-13-4-2-12(18)3-5-13/h2-8,14,19H,1H3. The number of rotatable bonds is 4. The van der Waals surface area contributed by atoms with Crippen molar-refractivity contribution >= 4 is 34.9 Å². The lowest BCUT2D eigenvalue weighted by Crippen LogP contribution is -2.22. The molecule has 3 nitrogen and oxygen atoms in total. The molecule has 2 aromatic rings. The summed E-state index contributed by atoms with van der Waals surface area (Å²) in [6.45, 7) is 0. The van der Waals surface area contributed by atoms with Gasteiger partial charge in [0, 0.05) is 15.7 Å². The van der Waals surface area contributed by atoms with E-state index in [1.807, 2.05) is 0 Å². The first-order valence-corrected chi connectivity index (χ1v) is 6.81. The molecule has 0 heterocycles. The Balaban J connectivity index is 2.34. The summed E-state index contributed by atoms with van der Waals surface area (Å²) < 4.78 is 17.7. The number of benzene rings is 2. The molecule has 21 heavy (non-hydrogen) atoms. The van der Waals surface area contributed by atoms with Crippen molar-refractivity contribution in [3.63, 3.8) is 0 Å². The zero-order chi connectivity index (χ0) is 15.4. The molecule has 0 aromatic heterocycles. The fraction of sp³-hybridized carbons (Fsp3) is 0.133. The normalized spacial score (nSPS) is 11.8. The van der Waals surface area contributed by atoms with Crippen LogP contribution >= 0.6 is 23.2 Å². The van der Waals surface area contributed by atoms with Gasteiger partial charge < -0.3 is 10.1 Å². The second-order valence-corrected chi connectivity index (χ2v) is 5.18. The Labute approximate surface area is 131 Å². The minimum absolute atomic E-state index is 0.360. The highest BCUT2D eigenvalue weighted by atomic mass is 35.5. The quantitative estimate of drug-likeness (QED) is 0.842. The molecule has 0 spiro atoms. The maximum Gasteiger partial charge on any atom is 0.332 e. The van der Waals surface area contributed by atoms with Gasteiger partial charge in [-0.2, -0.15) is 0 Å². The van der Waals surface area contributed by atoms with Crippen LogP contribution in [0.5, 0.6) is 0 Å². The van der Waals surface area contributed by atoms with E-state index in [4.69, 9.17) is 27.9 Å². The van der Waals surface area contributed by atoms with E-state index in [1.165, 1.54) is 31.4 Å². The van der Waals surface area contributed by atoms with E-state index in [1.54, 1.807) is 18.2 Å². The molecule has 0 saturated heterocycles. The van der Waals surface area contributed by atoms with Gasteiger partial charge in [-0.3, -0.25) is 0 Å². The Morgan fingerprint density at radius 2 is 1.71 bits per heavy atom. The monoisotopic (exact) mass is 327 g/mol. The lowest BCUT2D eigenvalue weighted by molar-refractivity contribution is -0.141. The number of nitrogens with one attached hydrogen (secondary N) is 1. The molecule has 0 bridgehead atoms. The van der Waals surface area contributed by atoms with Crippen molar-refractivity contribution in [2.24, 2.45) is 0 Å². The first-order valence-electron chi connectivity index (χ1n) is 6.05. The second kappa shape index (κ2) is 6.78. The number of halogens is 3. The third-order valence-electron chi connectivity index (χ3n) is 2.81. The van der Waals surface area contributed by atoms with Crippen LogP contribution in [0.25, 0.3) is 0 Å². The van der Waals surface area contributed by atoms with Crippen LogP contribution in [0.4, 0.5) is 10.1 Å². The van der Waals surface area contributed by atoms with E-state index >= 15 is 0 Å². The molecule has 2 rings (SSSR count). The van der Waals surface area contributed by atoms with Crippen LogP contribution < -0.4 is 5.32 Å². The predicted molar refractivity (Wildman–Crippen MR) is 81.2 cm³/mol. The van der Waals surface area contributed by atoms with E-state index in [0.717, 1.165) is 0 Å². The third-order valence-corrected chi connectivity index (χ3v) is 3.25. The maximum atomic E-state index is 12.9. The average Bonchev–Trinajstić information content (AvgIpc) is 2.44. The SMILES string of the molecule is COC(=O)C(Nc1ccc(F)cc1)c1cc(Cl)cc(Cl)c1. The van der Waals surface area contributed by atoms with Crippen LogP contribution in [0.2, 0.25) is 10.0 Å². The second-order valence-electron chi connectivity index (χ2n) is 4.31. The summed E-state index contributed by atoms with van der Waals surface area (Å²) in [7, 11) is 1.29. The van der Waals surface area contributed by atoms with E-state index in [2.05, 4.69) is 5.32 Å². The number of hydrogen-bond acceptors (Lipinski definition) is 3. The van der Waals surface area contributed by atoms with Crippen LogP contribution in [-0.4, -0.2) is 13.1 Å². The Kier molecular flexibility index (Phi) is 5.04. The van der Waals surface area contributed by atoms with Crippen molar-refractivity contribution in [1.82, 2.24) is 0 Å². The molecule has 2 aromatic carbocycles. The van der Waals surface area contributed by atoms with Crippen LogP contribution in [-0.2, 0) is 9.53 Å². The highest BCUT2D eigenvalue weighted by molar-refractivity contribution is 6.34. The van der Waals surface area contributed by atoms with E-state index < -0.39 is 12.0 Å². The molecule has 0 aliphatic heterocycles. The smallest absolute Gasteiger partial charge is 0.332 e. The van der Waals surface area contributed by atoms with Crippen LogP contribution in [0.1, 0.15) is 11.6 Å². The van der Waals surface area contributed by atoms with Crippen molar-refractivity contribution in [3.05, 3.63) is 63.9 Å². The lowest BCUT2D eigenvalue weighted by Gasteiger charge is -2.18. The van der Waals surface area contributed by atoms with E-state index in [-0.39, 0.29) is 5.82 Å². The number of carbonyl (C=O) groups excluding carboxylic acids is 1. The molecule has 0 aliphatic rings. The Morgan fingerprint density at radius 1 is 1.14 bits per heavy atom. The van der Waals surface area contributed by atoms with Gasteiger partial charge in [-0.25, -0.2) is 9.18 Å². The average molecular weight is 328 g/mol. The summed E-state index contributed by atoms with van der Waals surface area (Å²) in [5.41, 5.74) is 1.13. The van der Waals surface area contributed by atoms with Gasteiger partial charge in [0.1, 0.15) is 5.82 Å². The molecule has 1 atom stereocenters. The molecule has 0 amide bonds. The number of methoxy groups -OCH3 is 1. The lowest BCUT2D eigenvalue weighted by atomic mass is 10.1. The minimum Gasteiger partial charge on any atom is -0.467 e. The van der Waals surface area contributed by atoms with Gasteiger partial charge in [-0.1, -0.05) is 23.2 Å². The summed E-state index contributed by atoms with van der Waals surface area (Å²) >= 11 is 11.9. The summed E-state index contributed by atoms with van der Waals surface area (Å²) in [6, 6.07) is 9.64. The Hall–Kier alpha value is -1.78. The first kappa shape index (κ1) is 15.6. The van der Waals surface area contributed by atoms with Gasteiger partial charge in [0.05, 0.1) is 7.11 Å².